The Morgan fingerprint density at radius 2 is 2.36 bits per heavy atom. The van der Waals surface area contributed by atoms with Gasteiger partial charge in [-0.25, -0.2) is 4.98 Å². The van der Waals surface area contributed by atoms with Crippen molar-refractivity contribution in [2.75, 3.05) is 0 Å². The van der Waals surface area contributed by atoms with Gasteiger partial charge in [-0.1, -0.05) is 0 Å². The van der Waals surface area contributed by atoms with Gasteiger partial charge in [0.25, 0.3) is 0 Å². The van der Waals surface area contributed by atoms with Crippen LogP contribution in [0.25, 0.3) is 11.0 Å². The summed E-state index contributed by atoms with van der Waals surface area (Å²) in [7, 11) is 0. The summed E-state index contributed by atoms with van der Waals surface area (Å²) in [5, 5.41) is 1.21. The molecular weight excluding hydrogens is 251 g/mol. The summed E-state index contributed by atoms with van der Waals surface area (Å²) in [6.07, 6.45) is 1.82. The van der Waals surface area contributed by atoms with Crippen molar-refractivity contribution in [1.29, 1.82) is 0 Å². The number of hydrogen-bond donors (Lipinski definition) is 0. The van der Waals surface area contributed by atoms with E-state index in [9.17, 15) is 0 Å². The Bertz CT molecular complexity index is 392. The summed E-state index contributed by atoms with van der Waals surface area (Å²) >= 11 is 2.25. The highest BCUT2D eigenvalue weighted by Gasteiger charge is 2.01. The Balaban J connectivity index is 2.92. The van der Waals surface area contributed by atoms with E-state index in [0.717, 1.165) is 5.65 Å². The molecule has 0 atom stereocenters. The highest BCUT2D eigenvalue weighted by Crippen LogP contribution is 2.18. The number of aromatic nitrogens is 2. The van der Waals surface area contributed by atoms with Crippen molar-refractivity contribution >= 4 is 33.9 Å². The summed E-state index contributed by atoms with van der Waals surface area (Å²) in [4.78, 5) is 4.26. The van der Waals surface area contributed by atoms with Crippen LogP contribution in [0.2, 0.25) is 0 Å². The van der Waals surface area contributed by atoms with Crippen molar-refractivity contribution in [3.05, 3.63) is 30.1 Å². The highest BCUT2D eigenvalue weighted by molar-refractivity contribution is 14.1. The average molecular weight is 258 g/mol. The van der Waals surface area contributed by atoms with Gasteiger partial charge in [0.1, 0.15) is 5.65 Å². The second kappa shape index (κ2) is 2.48. The zero-order valence-electron chi connectivity index (χ0n) is 6.08. The third-order valence-electron chi connectivity index (χ3n) is 1.68. The molecule has 0 aliphatic rings. The third-order valence-corrected chi connectivity index (χ3v) is 2.89. The lowest BCUT2D eigenvalue weighted by molar-refractivity contribution is 1.22. The Morgan fingerprint density at radius 1 is 1.55 bits per heavy atom. The molecule has 2 aromatic heterocycles. The first-order chi connectivity index (χ1) is 5.29. The first-order valence-electron chi connectivity index (χ1n) is 3.38. The maximum atomic E-state index is 4.26. The van der Waals surface area contributed by atoms with Crippen LogP contribution in [0.1, 0.15) is 5.69 Å². The summed E-state index contributed by atoms with van der Waals surface area (Å²) < 4.78 is 2.06. The number of nitrogens with zero attached hydrogens (tertiary/aromatic N) is 2. The second-order valence-corrected chi connectivity index (χ2v) is 3.45. The molecule has 0 amide bonds. The lowest BCUT2D eigenvalue weighted by atomic mass is 10.3. The summed E-state index contributed by atoms with van der Waals surface area (Å²) in [6, 6.07) is 6.16. The fourth-order valence-corrected chi connectivity index (χ4v) is 1.68. The van der Waals surface area contributed by atoms with E-state index in [1.807, 2.05) is 12.3 Å². The van der Waals surface area contributed by atoms with Gasteiger partial charge in [0, 0.05) is 17.3 Å². The Labute approximate surface area is 78.7 Å². The van der Waals surface area contributed by atoms with Crippen LogP contribution in [-0.2, 0) is 0 Å². The Morgan fingerprint density at radius 3 is 3.09 bits per heavy atom. The fraction of sp³-hybridized carbons (Fsp3) is 0.125. The van der Waals surface area contributed by atoms with Crippen molar-refractivity contribution in [2.24, 2.45) is 0 Å². The third kappa shape index (κ3) is 1.03. The molecule has 11 heavy (non-hydrogen) atoms. The van der Waals surface area contributed by atoms with E-state index >= 15 is 0 Å². The first-order valence-corrected chi connectivity index (χ1v) is 4.35. The molecule has 0 spiro atoms. The van der Waals surface area contributed by atoms with E-state index < -0.39 is 0 Å². The predicted molar refractivity (Wildman–Crippen MR) is 53.9 cm³/mol. The number of pyridine rings is 1. The summed E-state index contributed by atoms with van der Waals surface area (Å²) in [5.41, 5.74) is 2.28. The SMILES string of the molecule is Cc1cc2cccnc2n1I. The first kappa shape index (κ1) is 7.09. The lowest BCUT2D eigenvalue weighted by Crippen LogP contribution is -1.82. The Hall–Kier alpha value is -0.580. The fourth-order valence-electron chi connectivity index (χ4n) is 1.13. The molecular formula is C8H7IN2. The smallest absolute Gasteiger partial charge is 0.148 e. The van der Waals surface area contributed by atoms with E-state index in [4.69, 9.17) is 0 Å². The van der Waals surface area contributed by atoms with Gasteiger partial charge in [0.15, 0.2) is 0 Å². The van der Waals surface area contributed by atoms with Crippen LogP contribution in [0.3, 0.4) is 0 Å². The van der Waals surface area contributed by atoms with Crippen LogP contribution in [0.15, 0.2) is 24.4 Å². The molecule has 0 aliphatic carbocycles. The number of rotatable bonds is 0. The maximum Gasteiger partial charge on any atom is 0.148 e. The Kier molecular flexibility index (Phi) is 1.60. The van der Waals surface area contributed by atoms with E-state index in [1.54, 1.807) is 0 Å². The van der Waals surface area contributed by atoms with Crippen LogP contribution in [0, 0.1) is 6.92 Å². The molecule has 2 heterocycles. The highest BCUT2D eigenvalue weighted by atomic mass is 127. The van der Waals surface area contributed by atoms with Gasteiger partial charge < -0.3 is 0 Å². The number of aryl methyl sites for hydroxylation is 1. The van der Waals surface area contributed by atoms with Crippen LogP contribution in [0.4, 0.5) is 0 Å². The number of fused-ring (bicyclic) bond motifs is 1. The number of hydrogen-bond acceptors (Lipinski definition) is 1. The van der Waals surface area contributed by atoms with E-state index in [1.165, 1.54) is 11.1 Å². The largest absolute Gasteiger partial charge is 0.271 e. The zero-order valence-corrected chi connectivity index (χ0v) is 8.24. The van der Waals surface area contributed by atoms with Crippen molar-refractivity contribution in [1.82, 2.24) is 7.76 Å². The molecule has 56 valence electrons. The molecule has 0 fully saturated rings. The van der Waals surface area contributed by atoms with Crippen molar-refractivity contribution in [3.8, 4) is 0 Å². The van der Waals surface area contributed by atoms with Crippen LogP contribution < -0.4 is 0 Å². The molecule has 0 N–H and O–H groups in total. The number of halogens is 1. The topological polar surface area (TPSA) is 17.8 Å². The molecule has 0 saturated heterocycles. The minimum atomic E-state index is 1.05. The molecule has 0 unspecified atom stereocenters. The van der Waals surface area contributed by atoms with Gasteiger partial charge in [-0.3, -0.25) is 2.78 Å². The monoisotopic (exact) mass is 258 g/mol. The molecule has 0 saturated carbocycles. The quantitative estimate of drug-likeness (QED) is 0.664. The van der Waals surface area contributed by atoms with E-state index in [0.29, 0.717) is 0 Å². The van der Waals surface area contributed by atoms with Crippen LogP contribution >= 0.6 is 22.9 Å². The van der Waals surface area contributed by atoms with Gasteiger partial charge in [-0.05, 0) is 25.1 Å². The van der Waals surface area contributed by atoms with Gasteiger partial charge >= 0.3 is 0 Å². The summed E-state index contributed by atoms with van der Waals surface area (Å²) in [5.74, 6) is 0. The second-order valence-electron chi connectivity index (χ2n) is 2.48. The van der Waals surface area contributed by atoms with Gasteiger partial charge in [0.05, 0.1) is 22.9 Å². The zero-order chi connectivity index (χ0) is 7.84. The minimum Gasteiger partial charge on any atom is -0.271 e. The van der Waals surface area contributed by atoms with Gasteiger partial charge in [-0.15, -0.1) is 0 Å². The van der Waals surface area contributed by atoms with Crippen molar-refractivity contribution in [3.63, 3.8) is 0 Å². The molecule has 2 aromatic rings. The molecule has 0 bridgehead atoms. The van der Waals surface area contributed by atoms with Gasteiger partial charge in [-0.2, -0.15) is 0 Å². The van der Waals surface area contributed by atoms with Crippen LogP contribution in [0.5, 0.6) is 0 Å². The van der Waals surface area contributed by atoms with Crippen molar-refractivity contribution in [2.45, 2.75) is 6.92 Å². The standard InChI is InChI=1S/C8H7IN2/c1-6-5-7-3-2-4-10-8(7)11(6)9/h2-5H,1H3. The lowest BCUT2D eigenvalue weighted by Gasteiger charge is -1.92. The minimum absolute atomic E-state index is 1.05. The van der Waals surface area contributed by atoms with Crippen LogP contribution in [-0.4, -0.2) is 7.76 Å². The predicted octanol–water partition coefficient (Wildman–Crippen LogP) is 2.54. The average Bonchev–Trinajstić information content (AvgIpc) is 2.30. The van der Waals surface area contributed by atoms with E-state index in [2.05, 4.69) is 49.7 Å². The summed E-state index contributed by atoms with van der Waals surface area (Å²) in [6.45, 7) is 2.08. The maximum absolute atomic E-state index is 4.26. The normalized spacial score (nSPS) is 10.7. The van der Waals surface area contributed by atoms with Crippen molar-refractivity contribution < 1.29 is 0 Å². The molecule has 0 aromatic carbocycles. The molecule has 3 heteroatoms. The van der Waals surface area contributed by atoms with E-state index in [-0.39, 0.29) is 0 Å². The molecule has 2 rings (SSSR count). The van der Waals surface area contributed by atoms with Gasteiger partial charge in [0.2, 0.25) is 0 Å². The molecule has 0 aliphatic heterocycles. The molecule has 2 nitrogen and oxygen atoms in total. The molecule has 0 radical (unpaired) electrons.